The van der Waals surface area contributed by atoms with Crippen LogP contribution in [0.3, 0.4) is 0 Å². The topological polar surface area (TPSA) is 95.1 Å². The van der Waals surface area contributed by atoms with Crippen molar-refractivity contribution in [2.75, 3.05) is 0 Å². The van der Waals surface area contributed by atoms with Crippen LogP contribution in [0.2, 0.25) is 0 Å². The van der Waals surface area contributed by atoms with Gasteiger partial charge in [0.1, 0.15) is 0 Å². The van der Waals surface area contributed by atoms with Crippen LogP contribution in [0.4, 0.5) is 0 Å². The summed E-state index contributed by atoms with van der Waals surface area (Å²) in [4.78, 5) is 22.9. The highest BCUT2D eigenvalue weighted by molar-refractivity contribution is 5.95. The first-order valence-electron chi connectivity index (χ1n) is 6.64. The standard InChI is InChI=1S/C15H17N3O3/c1-10-12(9-17-18-10)8-16-15(21)13-5-3-2-4-11(13)6-7-14(19)20/h2-5,9H,6-8H2,1H3,(H,16,21)(H,17,18)(H,19,20). The third-order valence-corrected chi connectivity index (χ3v) is 3.24. The van der Waals surface area contributed by atoms with Crippen LogP contribution in [-0.2, 0) is 17.8 Å². The molecule has 2 rings (SSSR count). The van der Waals surface area contributed by atoms with Gasteiger partial charge in [-0.1, -0.05) is 18.2 Å². The summed E-state index contributed by atoms with van der Waals surface area (Å²) in [5.41, 5.74) is 3.09. The molecular formula is C15H17N3O3. The maximum atomic E-state index is 12.2. The lowest BCUT2D eigenvalue weighted by Gasteiger charge is -2.09. The van der Waals surface area contributed by atoms with Crippen LogP contribution in [0, 0.1) is 6.92 Å². The highest BCUT2D eigenvalue weighted by Crippen LogP contribution is 2.12. The second-order valence-corrected chi connectivity index (χ2v) is 4.75. The van der Waals surface area contributed by atoms with E-state index in [1.54, 1.807) is 30.5 Å². The summed E-state index contributed by atoms with van der Waals surface area (Å²) >= 11 is 0. The molecule has 1 amide bonds. The van der Waals surface area contributed by atoms with Crippen molar-refractivity contribution >= 4 is 11.9 Å². The number of aliphatic carboxylic acids is 1. The average Bonchev–Trinajstić information content (AvgIpc) is 2.88. The van der Waals surface area contributed by atoms with Crippen molar-refractivity contribution in [1.82, 2.24) is 15.5 Å². The molecule has 0 aliphatic rings. The largest absolute Gasteiger partial charge is 0.481 e. The summed E-state index contributed by atoms with van der Waals surface area (Å²) in [6.45, 7) is 2.27. The van der Waals surface area contributed by atoms with E-state index in [4.69, 9.17) is 5.11 Å². The lowest BCUT2D eigenvalue weighted by Crippen LogP contribution is -2.24. The Hall–Kier alpha value is -2.63. The highest BCUT2D eigenvalue weighted by atomic mass is 16.4. The zero-order valence-corrected chi connectivity index (χ0v) is 11.7. The van der Waals surface area contributed by atoms with Gasteiger partial charge in [0.05, 0.1) is 6.20 Å². The molecule has 0 fully saturated rings. The summed E-state index contributed by atoms with van der Waals surface area (Å²) in [7, 11) is 0. The van der Waals surface area contributed by atoms with E-state index in [0.29, 0.717) is 18.5 Å². The lowest BCUT2D eigenvalue weighted by molar-refractivity contribution is -0.136. The molecule has 110 valence electrons. The minimum atomic E-state index is -0.876. The quantitative estimate of drug-likeness (QED) is 0.753. The number of aryl methyl sites for hydroxylation is 2. The van der Waals surface area contributed by atoms with Gasteiger partial charge in [-0.3, -0.25) is 14.7 Å². The third-order valence-electron chi connectivity index (χ3n) is 3.24. The molecule has 1 aromatic carbocycles. The molecule has 3 N–H and O–H groups in total. The predicted molar refractivity (Wildman–Crippen MR) is 76.9 cm³/mol. The first kappa shape index (κ1) is 14.8. The third kappa shape index (κ3) is 3.92. The van der Waals surface area contributed by atoms with Crippen molar-refractivity contribution in [3.8, 4) is 0 Å². The van der Waals surface area contributed by atoms with Gasteiger partial charge in [-0.15, -0.1) is 0 Å². The van der Waals surface area contributed by atoms with Crippen LogP contribution >= 0.6 is 0 Å². The molecule has 2 aromatic rings. The summed E-state index contributed by atoms with van der Waals surface area (Å²) in [5, 5.41) is 18.3. The SMILES string of the molecule is Cc1[nH]ncc1CNC(=O)c1ccccc1CCC(=O)O. The Balaban J connectivity index is 2.04. The van der Waals surface area contributed by atoms with E-state index in [1.165, 1.54) is 0 Å². The molecule has 1 aromatic heterocycles. The zero-order valence-electron chi connectivity index (χ0n) is 11.7. The minimum Gasteiger partial charge on any atom is -0.481 e. The number of H-pyrrole nitrogens is 1. The van der Waals surface area contributed by atoms with Gasteiger partial charge < -0.3 is 10.4 Å². The Morgan fingerprint density at radius 3 is 2.71 bits per heavy atom. The molecule has 0 saturated carbocycles. The second-order valence-electron chi connectivity index (χ2n) is 4.75. The Bertz CT molecular complexity index is 649. The normalized spacial score (nSPS) is 10.3. The van der Waals surface area contributed by atoms with Crippen LogP contribution < -0.4 is 5.32 Å². The van der Waals surface area contributed by atoms with Gasteiger partial charge >= 0.3 is 5.97 Å². The van der Waals surface area contributed by atoms with Crippen molar-refractivity contribution in [3.05, 3.63) is 52.8 Å². The van der Waals surface area contributed by atoms with Gasteiger partial charge in [0.25, 0.3) is 5.91 Å². The fourth-order valence-electron chi connectivity index (χ4n) is 2.03. The number of nitrogens with one attached hydrogen (secondary N) is 2. The number of amides is 1. The number of nitrogens with zero attached hydrogens (tertiary/aromatic N) is 1. The molecule has 0 spiro atoms. The first-order chi connectivity index (χ1) is 10.1. The van der Waals surface area contributed by atoms with E-state index in [0.717, 1.165) is 16.8 Å². The van der Waals surface area contributed by atoms with Crippen LogP contribution in [0.15, 0.2) is 30.5 Å². The molecule has 0 unspecified atom stereocenters. The molecule has 6 heteroatoms. The maximum absolute atomic E-state index is 12.2. The summed E-state index contributed by atoms with van der Waals surface area (Å²) in [6.07, 6.45) is 2.01. The Labute approximate surface area is 122 Å². The second kappa shape index (κ2) is 6.69. The van der Waals surface area contributed by atoms with Crippen molar-refractivity contribution < 1.29 is 14.7 Å². The smallest absolute Gasteiger partial charge is 0.303 e. The highest BCUT2D eigenvalue weighted by Gasteiger charge is 2.12. The molecule has 0 radical (unpaired) electrons. The molecule has 0 saturated heterocycles. The number of carboxylic acid groups (broad SMARTS) is 1. The molecule has 0 atom stereocenters. The summed E-state index contributed by atoms with van der Waals surface area (Å²) in [6, 6.07) is 7.05. The number of carbonyl (C=O) groups excluding carboxylic acids is 1. The predicted octanol–water partition coefficient (Wildman–Crippen LogP) is 1.67. The van der Waals surface area contributed by atoms with Gasteiger partial charge in [0.15, 0.2) is 0 Å². The number of aromatic nitrogens is 2. The Morgan fingerprint density at radius 1 is 1.29 bits per heavy atom. The number of benzene rings is 1. The van der Waals surface area contributed by atoms with E-state index in [1.807, 2.05) is 6.92 Å². The number of carboxylic acids is 1. The number of aromatic amines is 1. The fourth-order valence-corrected chi connectivity index (χ4v) is 2.03. The Kier molecular flexibility index (Phi) is 4.71. The number of hydrogen-bond acceptors (Lipinski definition) is 3. The summed E-state index contributed by atoms with van der Waals surface area (Å²) < 4.78 is 0. The number of hydrogen-bond donors (Lipinski definition) is 3. The van der Waals surface area contributed by atoms with Crippen molar-refractivity contribution in [1.29, 1.82) is 0 Å². The van der Waals surface area contributed by atoms with Gasteiger partial charge in [-0.25, -0.2) is 0 Å². The monoisotopic (exact) mass is 287 g/mol. The van der Waals surface area contributed by atoms with Crippen LogP contribution in [0.5, 0.6) is 0 Å². The lowest BCUT2D eigenvalue weighted by atomic mass is 10.0. The van der Waals surface area contributed by atoms with E-state index >= 15 is 0 Å². The molecule has 6 nitrogen and oxygen atoms in total. The number of rotatable bonds is 6. The molecule has 0 aliphatic carbocycles. The number of carbonyl (C=O) groups is 2. The maximum Gasteiger partial charge on any atom is 0.303 e. The molecule has 0 aliphatic heterocycles. The van der Waals surface area contributed by atoms with Gasteiger partial charge in [0.2, 0.25) is 0 Å². The first-order valence-corrected chi connectivity index (χ1v) is 6.64. The van der Waals surface area contributed by atoms with E-state index in [9.17, 15) is 9.59 Å². The van der Waals surface area contributed by atoms with Crippen molar-refractivity contribution in [2.45, 2.75) is 26.3 Å². The molecule has 21 heavy (non-hydrogen) atoms. The van der Waals surface area contributed by atoms with Crippen molar-refractivity contribution in [3.63, 3.8) is 0 Å². The summed E-state index contributed by atoms with van der Waals surface area (Å²) in [5.74, 6) is -1.09. The average molecular weight is 287 g/mol. The van der Waals surface area contributed by atoms with Gasteiger partial charge in [-0.05, 0) is 25.0 Å². The Morgan fingerprint density at radius 2 is 2.05 bits per heavy atom. The van der Waals surface area contributed by atoms with Gasteiger partial charge in [-0.2, -0.15) is 5.10 Å². The fraction of sp³-hybridized carbons (Fsp3) is 0.267. The van der Waals surface area contributed by atoms with Crippen LogP contribution in [0.25, 0.3) is 0 Å². The minimum absolute atomic E-state index is 0.00509. The van der Waals surface area contributed by atoms with E-state index in [2.05, 4.69) is 15.5 Å². The molecule has 1 heterocycles. The van der Waals surface area contributed by atoms with E-state index in [-0.39, 0.29) is 12.3 Å². The zero-order chi connectivity index (χ0) is 15.2. The van der Waals surface area contributed by atoms with Crippen LogP contribution in [0.1, 0.15) is 33.6 Å². The van der Waals surface area contributed by atoms with Crippen LogP contribution in [-0.4, -0.2) is 27.2 Å². The molecule has 0 bridgehead atoms. The molecular weight excluding hydrogens is 270 g/mol. The van der Waals surface area contributed by atoms with E-state index < -0.39 is 5.97 Å². The van der Waals surface area contributed by atoms with Gasteiger partial charge in [0, 0.05) is 29.8 Å². The van der Waals surface area contributed by atoms with Crippen molar-refractivity contribution in [2.24, 2.45) is 0 Å².